The topological polar surface area (TPSA) is 69.4 Å². The molecular weight excluding hydrogens is 262 g/mol. The number of hydrogen-bond acceptors (Lipinski definition) is 3. The molecule has 0 saturated carbocycles. The van der Waals surface area contributed by atoms with Crippen LogP contribution in [-0.2, 0) is 16.4 Å². The lowest BCUT2D eigenvalue weighted by atomic mass is 9.99. The fourth-order valence-electron chi connectivity index (χ4n) is 1.76. The van der Waals surface area contributed by atoms with Crippen LogP contribution >= 0.6 is 0 Å². The van der Waals surface area contributed by atoms with Crippen molar-refractivity contribution in [2.24, 2.45) is 17.0 Å². The lowest BCUT2D eigenvalue weighted by Gasteiger charge is -2.20. The second-order valence-electron chi connectivity index (χ2n) is 5.14. The largest absolute Gasteiger partial charge is 0.493 e. The van der Waals surface area contributed by atoms with E-state index in [9.17, 15) is 8.42 Å². The van der Waals surface area contributed by atoms with Gasteiger partial charge in [-0.05, 0) is 30.0 Å². The Hall–Kier alpha value is -1.07. The molecule has 0 aromatic heterocycles. The Labute approximate surface area is 116 Å². The molecular formula is C14H23NO3S. The fourth-order valence-corrected chi connectivity index (χ4v) is 2.83. The van der Waals surface area contributed by atoms with E-state index in [0.29, 0.717) is 6.61 Å². The first-order valence-corrected chi connectivity index (χ1v) is 8.25. The van der Waals surface area contributed by atoms with Gasteiger partial charge in [-0.2, -0.15) is 0 Å². The second-order valence-corrected chi connectivity index (χ2v) is 6.80. The number of primary sulfonamides is 1. The zero-order valence-corrected chi connectivity index (χ0v) is 12.6. The average Bonchev–Trinajstić information content (AvgIpc) is 2.33. The molecule has 1 atom stereocenters. The van der Waals surface area contributed by atoms with E-state index in [-0.39, 0.29) is 17.6 Å². The molecule has 4 nitrogen and oxygen atoms in total. The summed E-state index contributed by atoms with van der Waals surface area (Å²) in [5.74, 6) is 0.823. The maximum atomic E-state index is 11.2. The monoisotopic (exact) mass is 285 g/mol. The molecule has 2 N–H and O–H groups in total. The molecule has 0 amide bonds. The Bertz CT molecular complexity index is 480. The third-order valence-corrected chi connectivity index (χ3v) is 4.08. The van der Waals surface area contributed by atoms with Crippen LogP contribution in [0.4, 0.5) is 0 Å². The Morgan fingerprint density at radius 2 is 1.79 bits per heavy atom. The maximum absolute atomic E-state index is 11.2. The van der Waals surface area contributed by atoms with Gasteiger partial charge in [-0.15, -0.1) is 0 Å². The molecule has 1 unspecified atom stereocenters. The molecule has 19 heavy (non-hydrogen) atoms. The fraction of sp³-hybridized carbons (Fsp3) is 0.571. The minimum Gasteiger partial charge on any atom is -0.493 e. The predicted octanol–water partition coefficient (Wildman–Crippen LogP) is 2.19. The van der Waals surface area contributed by atoms with Crippen LogP contribution in [0.1, 0.15) is 26.3 Å². The van der Waals surface area contributed by atoms with Gasteiger partial charge in [0.2, 0.25) is 10.0 Å². The van der Waals surface area contributed by atoms with Crippen LogP contribution < -0.4 is 9.88 Å². The molecule has 0 spiro atoms. The summed E-state index contributed by atoms with van der Waals surface area (Å²) in [5, 5.41) is 5.10. The molecule has 0 bridgehead atoms. The van der Waals surface area contributed by atoms with E-state index in [1.165, 1.54) is 5.56 Å². The van der Waals surface area contributed by atoms with Crippen molar-refractivity contribution in [2.45, 2.75) is 27.2 Å². The van der Waals surface area contributed by atoms with Crippen LogP contribution in [0.15, 0.2) is 24.3 Å². The summed E-state index contributed by atoms with van der Waals surface area (Å²) in [6.07, 6.45) is 0.986. The Balaban J connectivity index is 2.60. The van der Waals surface area contributed by atoms with Crippen molar-refractivity contribution >= 4 is 10.0 Å². The summed E-state index contributed by atoms with van der Waals surface area (Å²) in [5.41, 5.74) is 1.25. The lowest BCUT2D eigenvalue weighted by Crippen LogP contribution is -2.30. The first-order chi connectivity index (χ1) is 8.81. The highest BCUT2D eigenvalue weighted by atomic mass is 32.2. The van der Waals surface area contributed by atoms with Gasteiger partial charge in [-0.3, -0.25) is 0 Å². The maximum Gasteiger partial charge on any atom is 0.209 e. The van der Waals surface area contributed by atoms with Crippen LogP contribution in [0.5, 0.6) is 5.75 Å². The molecule has 1 aromatic rings. The summed E-state index contributed by atoms with van der Waals surface area (Å²) in [6, 6.07) is 7.85. The molecule has 108 valence electrons. The van der Waals surface area contributed by atoms with E-state index in [0.717, 1.165) is 12.2 Å². The normalized spacial score (nSPS) is 13.5. The summed E-state index contributed by atoms with van der Waals surface area (Å²) >= 11 is 0. The van der Waals surface area contributed by atoms with Crippen LogP contribution in [0.2, 0.25) is 0 Å². The van der Waals surface area contributed by atoms with Crippen molar-refractivity contribution in [2.75, 3.05) is 12.4 Å². The van der Waals surface area contributed by atoms with E-state index in [2.05, 4.69) is 6.92 Å². The minimum absolute atomic E-state index is 0.0439. The van der Waals surface area contributed by atoms with Gasteiger partial charge in [-0.1, -0.05) is 32.9 Å². The van der Waals surface area contributed by atoms with Crippen molar-refractivity contribution in [1.29, 1.82) is 0 Å². The van der Waals surface area contributed by atoms with Crippen molar-refractivity contribution in [3.05, 3.63) is 29.8 Å². The minimum atomic E-state index is -3.46. The van der Waals surface area contributed by atoms with Crippen molar-refractivity contribution in [3.8, 4) is 5.75 Å². The van der Waals surface area contributed by atoms with Gasteiger partial charge >= 0.3 is 0 Å². The molecule has 0 heterocycles. The van der Waals surface area contributed by atoms with Crippen molar-refractivity contribution in [1.82, 2.24) is 0 Å². The van der Waals surface area contributed by atoms with Gasteiger partial charge in [0.25, 0.3) is 0 Å². The van der Waals surface area contributed by atoms with Crippen LogP contribution in [-0.4, -0.2) is 20.8 Å². The number of rotatable bonds is 7. The zero-order chi connectivity index (χ0) is 14.5. The zero-order valence-electron chi connectivity index (χ0n) is 11.8. The highest BCUT2D eigenvalue weighted by Gasteiger charge is 2.20. The highest BCUT2D eigenvalue weighted by molar-refractivity contribution is 7.89. The number of aryl methyl sites for hydroxylation is 1. The summed E-state index contributed by atoms with van der Waals surface area (Å²) in [7, 11) is -3.46. The van der Waals surface area contributed by atoms with E-state index >= 15 is 0 Å². The average molecular weight is 285 g/mol. The number of ether oxygens (including phenoxy) is 1. The van der Waals surface area contributed by atoms with Crippen LogP contribution in [0.3, 0.4) is 0 Å². The highest BCUT2D eigenvalue weighted by Crippen LogP contribution is 2.17. The molecule has 0 radical (unpaired) electrons. The third-order valence-electron chi connectivity index (χ3n) is 3.18. The number of sulfonamides is 1. The molecule has 0 saturated heterocycles. The van der Waals surface area contributed by atoms with Gasteiger partial charge < -0.3 is 4.74 Å². The Morgan fingerprint density at radius 1 is 1.21 bits per heavy atom. The van der Waals surface area contributed by atoms with Gasteiger partial charge in [0.15, 0.2) is 0 Å². The number of nitrogens with two attached hydrogens (primary N) is 1. The van der Waals surface area contributed by atoms with Crippen molar-refractivity contribution in [3.63, 3.8) is 0 Å². The quantitative estimate of drug-likeness (QED) is 0.835. The number of hydrogen-bond donors (Lipinski definition) is 1. The molecule has 1 rings (SSSR count). The molecule has 5 heteroatoms. The third kappa shape index (κ3) is 6.07. The van der Waals surface area contributed by atoms with Crippen LogP contribution in [0.25, 0.3) is 0 Å². The standard InChI is InChI=1S/C14H23NO3S/c1-4-12-5-7-14(8-6-12)18-9-13(11(2)3)10-19(15,16)17/h5-8,11,13H,4,9-10H2,1-3H3,(H2,15,16,17). The van der Waals surface area contributed by atoms with Gasteiger partial charge in [0, 0.05) is 5.92 Å². The number of benzene rings is 1. The Morgan fingerprint density at radius 3 is 2.21 bits per heavy atom. The lowest BCUT2D eigenvalue weighted by molar-refractivity contribution is 0.225. The van der Waals surface area contributed by atoms with E-state index in [4.69, 9.17) is 9.88 Å². The van der Waals surface area contributed by atoms with Crippen molar-refractivity contribution < 1.29 is 13.2 Å². The van der Waals surface area contributed by atoms with Gasteiger partial charge in [0.05, 0.1) is 12.4 Å². The molecule has 0 aliphatic carbocycles. The van der Waals surface area contributed by atoms with E-state index in [1.807, 2.05) is 38.1 Å². The van der Waals surface area contributed by atoms with E-state index < -0.39 is 10.0 Å². The SMILES string of the molecule is CCc1ccc(OCC(CS(N)(=O)=O)C(C)C)cc1. The first-order valence-electron chi connectivity index (χ1n) is 6.54. The summed E-state index contributed by atoms with van der Waals surface area (Å²) < 4.78 is 28.0. The van der Waals surface area contributed by atoms with Crippen LogP contribution in [0, 0.1) is 11.8 Å². The summed E-state index contributed by atoms with van der Waals surface area (Å²) in [6.45, 7) is 6.40. The second kappa shape index (κ2) is 6.91. The summed E-state index contributed by atoms with van der Waals surface area (Å²) in [4.78, 5) is 0. The van der Waals surface area contributed by atoms with E-state index in [1.54, 1.807) is 0 Å². The molecule has 0 fully saturated rings. The predicted molar refractivity (Wildman–Crippen MR) is 77.6 cm³/mol. The van der Waals surface area contributed by atoms with Gasteiger partial charge in [-0.25, -0.2) is 13.6 Å². The molecule has 1 aromatic carbocycles. The smallest absolute Gasteiger partial charge is 0.209 e. The van der Waals surface area contributed by atoms with Gasteiger partial charge in [0.1, 0.15) is 5.75 Å². The Kier molecular flexibility index (Phi) is 5.82. The molecule has 0 aliphatic rings. The molecule has 0 aliphatic heterocycles. The first kappa shape index (κ1) is 16.0.